The molecule has 1 aliphatic heterocycles. The molecule has 0 atom stereocenters. The third kappa shape index (κ3) is 8.04. The number of anilines is 7. The molecule has 0 radical (unpaired) electrons. The van der Waals surface area contributed by atoms with Crippen LogP contribution in [0.1, 0.15) is 18.3 Å². The lowest BCUT2D eigenvalue weighted by molar-refractivity contribution is -0.651. The van der Waals surface area contributed by atoms with Crippen LogP contribution < -0.4 is 42.3 Å². The van der Waals surface area contributed by atoms with Crippen LogP contribution in [0.4, 0.5) is 40.6 Å². The average molecular weight is 686 g/mol. The van der Waals surface area contributed by atoms with Crippen LogP contribution in [0.2, 0.25) is 0 Å². The molecule has 2 N–H and O–H groups in total. The second-order valence-corrected chi connectivity index (χ2v) is 12.8. The second-order valence-electron chi connectivity index (χ2n) is 12.8. The SMILES string of the molecule is CCOCCN1CCN(c2nc(Nc3ccc4nc(C)cc(N(C)C)c4c3)nc(Nc3ccc4c(c3)c(N(C)C)cc(C)[n+]4C)n2)CC1.[Cl-]. The lowest BCUT2D eigenvalue weighted by Gasteiger charge is -2.34. The van der Waals surface area contributed by atoms with Crippen molar-refractivity contribution in [2.24, 2.45) is 7.05 Å². The van der Waals surface area contributed by atoms with Gasteiger partial charge in [0.05, 0.1) is 23.2 Å². The molecule has 0 amide bonds. The Morgan fingerprint density at radius 1 is 0.776 bits per heavy atom. The number of fused-ring (bicyclic) bond motifs is 2. The summed E-state index contributed by atoms with van der Waals surface area (Å²) in [4.78, 5) is 28.4. The highest BCUT2D eigenvalue weighted by molar-refractivity contribution is 5.95. The van der Waals surface area contributed by atoms with Gasteiger partial charge in [0.2, 0.25) is 23.4 Å². The smallest absolute Gasteiger partial charge is 0.233 e. The number of aryl methyl sites for hydroxylation is 3. The van der Waals surface area contributed by atoms with Crippen molar-refractivity contribution in [1.29, 1.82) is 0 Å². The van der Waals surface area contributed by atoms with Gasteiger partial charge in [0.1, 0.15) is 7.05 Å². The molecule has 1 fully saturated rings. The molecule has 1 saturated heterocycles. The molecule has 13 heteroatoms. The summed E-state index contributed by atoms with van der Waals surface area (Å²) in [6.07, 6.45) is 0. The number of benzene rings is 2. The van der Waals surface area contributed by atoms with Gasteiger partial charge >= 0.3 is 0 Å². The Balaban J connectivity index is 0.00000468. The van der Waals surface area contributed by atoms with Gasteiger partial charge in [0, 0.05) is 115 Å². The Kier molecular flexibility index (Phi) is 11.2. The maximum Gasteiger partial charge on any atom is 0.233 e. The molecule has 4 heterocycles. The van der Waals surface area contributed by atoms with Gasteiger partial charge in [-0.25, -0.2) is 0 Å². The maximum absolute atomic E-state index is 5.59. The van der Waals surface area contributed by atoms with Gasteiger partial charge < -0.3 is 42.5 Å². The molecule has 0 unspecified atom stereocenters. The summed E-state index contributed by atoms with van der Waals surface area (Å²) >= 11 is 0. The van der Waals surface area contributed by atoms with E-state index in [1.165, 1.54) is 5.69 Å². The van der Waals surface area contributed by atoms with Crippen molar-refractivity contribution < 1.29 is 21.7 Å². The fraction of sp³-hybridized carbons (Fsp3) is 0.417. The van der Waals surface area contributed by atoms with Crippen molar-refractivity contribution in [3.05, 3.63) is 59.9 Å². The Morgan fingerprint density at radius 3 is 2.02 bits per heavy atom. The zero-order valence-corrected chi connectivity index (χ0v) is 30.6. The van der Waals surface area contributed by atoms with Crippen LogP contribution in [-0.2, 0) is 11.8 Å². The van der Waals surface area contributed by atoms with E-state index < -0.39 is 0 Å². The number of pyridine rings is 2. The molecule has 6 rings (SSSR count). The zero-order chi connectivity index (χ0) is 33.9. The van der Waals surface area contributed by atoms with Crippen LogP contribution in [0.15, 0.2) is 48.5 Å². The zero-order valence-electron chi connectivity index (χ0n) is 29.9. The molecule has 0 bridgehead atoms. The summed E-state index contributed by atoms with van der Waals surface area (Å²) < 4.78 is 7.80. The van der Waals surface area contributed by atoms with Gasteiger partial charge in [-0.1, -0.05) is 0 Å². The van der Waals surface area contributed by atoms with Gasteiger partial charge in [0.15, 0.2) is 5.69 Å². The standard InChI is InChI=1S/C36H48N11O.ClH/c1-9-48-19-18-46-14-16-47(17-15-46)36-41-34(38-26-10-12-30-28(22-26)32(43(4)5)20-24(2)37-30)40-35(42-36)39-27-11-13-31-29(23-27)33(44(6)7)21-25(3)45(31)8;/h10-13,20-23H,9,14-19H2,1-8H3,(H2,38,39,40,41,42);1H/q+1;/p-1. The van der Waals surface area contributed by atoms with Crippen LogP contribution in [0.5, 0.6) is 0 Å². The Labute approximate surface area is 295 Å². The summed E-state index contributed by atoms with van der Waals surface area (Å²) in [5, 5.41) is 9.19. The van der Waals surface area contributed by atoms with Crippen molar-refractivity contribution in [1.82, 2.24) is 24.8 Å². The number of ether oxygens (including phenoxy) is 1. The predicted molar refractivity (Wildman–Crippen MR) is 197 cm³/mol. The lowest BCUT2D eigenvalue weighted by atomic mass is 10.1. The third-order valence-electron chi connectivity index (χ3n) is 8.93. The molecule has 3 aromatic heterocycles. The lowest BCUT2D eigenvalue weighted by Crippen LogP contribution is -3.00. The van der Waals surface area contributed by atoms with E-state index in [0.29, 0.717) is 17.8 Å². The summed E-state index contributed by atoms with van der Waals surface area (Å²) in [5.41, 5.74) is 8.33. The van der Waals surface area contributed by atoms with E-state index in [9.17, 15) is 0 Å². The first-order chi connectivity index (χ1) is 23.1. The minimum Gasteiger partial charge on any atom is -1.00 e. The van der Waals surface area contributed by atoms with Gasteiger partial charge in [-0.3, -0.25) is 9.88 Å². The van der Waals surface area contributed by atoms with Crippen LogP contribution in [0.3, 0.4) is 0 Å². The first kappa shape index (κ1) is 35.8. The van der Waals surface area contributed by atoms with Gasteiger partial charge in [0.25, 0.3) is 0 Å². The number of hydrogen-bond donors (Lipinski definition) is 2. The number of hydrogen-bond acceptors (Lipinski definition) is 11. The average Bonchev–Trinajstić information content (AvgIpc) is 3.06. The van der Waals surface area contributed by atoms with Crippen molar-refractivity contribution in [2.75, 3.05) is 99.5 Å². The van der Waals surface area contributed by atoms with Crippen LogP contribution in [0, 0.1) is 13.8 Å². The minimum absolute atomic E-state index is 0. The third-order valence-corrected chi connectivity index (χ3v) is 8.93. The molecular formula is C36H48ClN11O. The molecule has 260 valence electrons. The second kappa shape index (κ2) is 15.4. The normalized spacial score (nSPS) is 13.4. The van der Waals surface area contributed by atoms with E-state index in [1.54, 1.807) is 0 Å². The molecule has 0 saturated carbocycles. The summed E-state index contributed by atoms with van der Waals surface area (Å²) in [6, 6.07) is 16.9. The molecule has 1 aliphatic rings. The molecule has 5 aromatic rings. The van der Waals surface area contributed by atoms with Crippen molar-refractivity contribution in [3.8, 4) is 0 Å². The van der Waals surface area contributed by atoms with E-state index in [-0.39, 0.29) is 12.4 Å². The Hall–Kier alpha value is -4.52. The number of aromatic nitrogens is 5. The van der Waals surface area contributed by atoms with Crippen molar-refractivity contribution in [3.63, 3.8) is 0 Å². The van der Waals surface area contributed by atoms with E-state index in [4.69, 9.17) is 24.7 Å². The highest BCUT2D eigenvalue weighted by atomic mass is 35.5. The summed E-state index contributed by atoms with van der Waals surface area (Å²) in [5.74, 6) is 1.60. The molecule has 2 aromatic carbocycles. The Morgan fingerprint density at radius 2 is 1.39 bits per heavy atom. The Bertz CT molecular complexity index is 1930. The number of piperazine rings is 1. The topological polar surface area (TPSA) is 102 Å². The molecule has 0 spiro atoms. The van der Waals surface area contributed by atoms with Crippen LogP contribution >= 0.6 is 0 Å². The molecule has 0 aliphatic carbocycles. The number of nitrogens with zero attached hydrogens (tertiary/aromatic N) is 9. The highest BCUT2D eigenvalue weighted by Gasteiger charge is 2.22. The molecule has 49 heavy (non-hydrogen) atoms. The monoisotopic (exact) mass is 685 g/mol. The summed E-state index contributed by atoms with van der Waals surface area (Å²) in [6.45, 7) is 12.1. The van der Waals surface area contributed by atoms with Crippen LogP contribution in [-0.4, -0.2) is 99.0 Å². The van der Waals surface area contributed by atoms with E-state index in [2.05, 4.69) is 113 Å². The number of rotatable bonds is 11. The fourth-order valence-electron chi connectivity index (χ4n) is 6.21. The first-order valence-corrected chi connectivity index (χ1v) is 16.6. The van der Waals surface area contributed by atoms with E-state index in [0.717, 1.165) is 96.2 Å². The number of nitrogens with one attached hydrogen (secondary N) is 2. The molecular weight excluding hydrogens is 638 g/mol. The quantitative estimate of drug-likeness (QED) is 0.157. The maximum atomic E-state index is 5.59. The number of halogens is 1. The van der Waals surface area contributed by atoms with E-state index >= 15 is 0 Å². The van der Waals surface area contributed by atoms with Gasteiger partial charge in [-0.2, -0.15) is 19.5 Å². The molecule has 12 nitrogen and oxygen atoms in total. The fourth-order valence-corrected chi connectivity index (χ4v) is 6.21. The van der Waals surface area contributed by atoms with Crippen molar-refractivity contribution >= 4 is 62.4 Å². The highest BCUT2D eigenvalue weighted by Crippen LogP contribution is 2.31. The van der Waals surface area contributed by atoms with Gasteiger partial charge in [-0.05, 0) is 50.2 Å². The van der Waals surface area contributed by atoms with Crippen molar-refractivity contribution in [2.45, 2.75) is 20.8 Å². The summed E-state index contributed by atoms with van der Waals surface area (Å²) in [7, 11) is 10.4. The van der Waals surface area contributed by atoms with Crippen LogP contribution in [0.25, 0.3) is 21.8 Å². The predicted octanol–water partition coefficient (Wildman–Crippen LogP) is 1.80. The first-order valence-electron chi connectivity index (χ1n) is 16.6. The van der Waals surface area contributed by atoms with Gasteiger partial charge in [-0.15, -0.1) is 0 Å². The van der Waals surface area contributed by atoms with E-state index in [1.807, 2.05) is 26.0 Å². The minimum atomic E-state index is 0. The largest absolute Gasteiger partial charge is 1.00 e.